The van der Waals surface area contributed by atoms with Gasteiger partial charge in [-0.25, -0.2) is 23.7 Å². The Balaban J connectivity index is 1.20. The Morgan fingerprint density at radius 1 is 1.18 bits per heavy atom. The number of alkyl halides is 2. The molecule has 1 aliphatic rings. The van der Waals surface area contributed by atoms with Crippen molar-refractivity contribution in [1.29, 1.82) is 0 Å². The number of nitrogens with one attached hydrogen (secondary N) is 1. The van der Waals surface area contributed by atoms with E-state index in [0.717, 1.165) is 28.1 Å². The quantitative estimate of drug-likeness (QED) is 0.282. The number of aromatic nitrogens is 4. The van der Waals surface area contributed by atoms with Gasteiger partial charge in [0, 0.05) is 62.9 Å². The van der Waals surface area contributed by atoms with Gasteiger partial charge in [-0.2, -0.15) is 0 Å². The van der Waals surface area contributed by atoms with E-state index in [1.165, 1.54) is 6.33 Å². The zero-order valence-electron chi connectivity index (χ0n) is 22.3. The lowest BCUT2D eigenvalue weighted by atomic mass is 10.1. The SMILES string of the molecule is CN=CC(=CN)c1ccc(CNc2cc(-c3cnc4cc(OCCN5CCCC(F)(F)C5)ccn34)ncn2)cc1. The number of anilines is 1. The van der Waals surface area contributed by atoms with Crippen LogP contribution in [0.4, 0.5) is 14.6 Å². The van der Waals surface area contributed by atoms with E-state index < -0.39 is 5.92 Å². The van der Waals surface area contributed by atoms with Gasteiger partial charge in [0.15, 0.2) is 0 Å². The van der Waals surface area contributed by atoms with E-state index in [1.54, 1.807) is 30.6 Å². The molecule has 0 amide bonds. The van der Waals surface area contributed by atoms with E-state index in [9.17, 15) is 8.78 Å². The fraction of sp³-hybridized carbons (Fsp3) is 0.310. The van der Waals surface area contributed by atoms with Crippen molar-refractivity contribution in [1.82, 2.24) is 24.3 Å². The van der Waals surface area contributed by atoms with Crippen LogP contribution in [-0.2, 0) is 6.54 Å². The predicted octanol–water partition coefficient (Wildman–Crippen LogP) is 4.51. The van der Waals surface area contributed by atoms with Crippen LogP contribution in [0.15, 0.2) is 72.4 Å². The fourth-order valence-corrected chi connectivity index (χ4v) is 4.73. The second-order valence-corrected chi connectivity index (χ2v) is 9.67. The minimum atomic E-state index is -2.61. The molecule has 40 heavy (non-hydrogen) atoms. The largest absolute Gasteiger partial charge is 0.492 e. The smallest absolute Gasteiger partial charge is 0.260 e. The monoisotopic (exact) mass is 546 g/mol. The lowest BCUT2D eigenvalue weighted by Gasteiger charge is -2.32. The van der Waals surface area contributed by atoms with Gasteiger partial charge in [-0.3, -0.25) is 14.3 Å². The molecular weight excluding hydrogens is 514 g/mol. The van der Waals surface area contributed by atoms with E-state index in [0.29, 0.717) is 49.9 Å². The number of nitrogens with two attached hydrogens (primary N) is 1. The van der Waals surface area contributed by atoms with Crippen LogP contribution in [0.2, 0.25) is 0 Å². The summed E-state index contributed by atoms with van der Waals surface area (Å²) in [5.41, 5.74) is 10.9. The third kappa shape index (κ3) is 6.60. The molecule has 5 rings (SSSR count). The number of fused-ring (bicyclic) bond motifs is 1. The van der Waals surface area contributed by atoms with Crippen molar-refractivity contribution in [3.63, 3.8) is 0 Å². The van der Waals surface area contributed by atoms with Gasteiger partial charge < -0.3 is 15.8 Å². The maximum Gasteiger partial charge on any atom is 0.260 e. The second kappa shape index (κ2) is 12.2. The number of imidazole rings is 1. The third-order valence-electron chi connectivity index (χ3n) is 6.77. The first-order valence-electron chi connectivity index (χ1n) is 13.1. The first-order valence-corrected chi connectivity index (χ1v) is 13.1. The molecule has 0 bridgehead atoms. The Labute approximate surface area is 231 Å². The lowest BCUT2D eigenvalue weighted by molar-refractivity contribution is -0.0656. The predicted molar refractivity (Wildman–Crippen MR) is 153 cm³/mol. The molecule has 3 N–H and O–H groups in total. The summed E-state index contributed by atoms with van der Waals surface area (Å²) >= 11 is 0. The number of pyridine rings is 1. The van der Waals surface area contributed by atoms with Crippen LogP contribution in [0.25, 0.3) is 22.6 Å². The summed E-state index contributed by atoms with van der Waals surface area (Å²) in [5, 5.41) is 3.35. The van der Waals surface area contributed by atoms with E-state index in [2.05, 4.69) is 25.3 Å². The highest BCUT2D eigenvalue weighted by atomic mass is 19.3. The Hall–Kier alpha value is -4.38. The van der Waals surface area contributed by atoms with Gasteiger partial charge in [-0.15, -0.1) is 0 Å². The number of aliphatic imine (C=N–C) groups is 1. The minimum Gasteiger partial charge on any atom is -0.492 e. The molecule has 4 aromatic rings. The summed E-state index contributed by atoms with van der Waals surface area (Å²) in [7, 11) is 1.71. The molecule has 0 saturated carbocycles. The number of hydrogen-bond acceptors (Lipinski definition) is 8. The van der Waals surface area contributed by atoms with Crippen LogP contribution >= 0.6 is 0 Å². The zero-order chi connectivity index (χ0) is 28.0. The van der Waals surface area contributed by atoms with Gasteiger partial charge in [-0.1, -0.05) is 24.3 Å². The van der Waals surface area contributed by atoms with E-state index in [-0.39, 0.29) is 13.0 Å². The highest BCUT2D eigenvalue weighted by molar-refractivity contribution is 6.09. The summed E-state index contributed by atoms with van der Waals surface area (Å²) < 4.78 is 35.0. The summed E-state index contributed by atoms with van der Waals surface area (Å²) in [5.74, 6) is -1.28. The van der Waals surface area contributed by atoms with Crippen LogP contribution in [-0.4, -0.2) is 69.7 Å². The number of allylic oxidation sites excluding steroid dienone is 1. The van der Waals surface area contributed by atoms with Gasteiger partial charge in [0.1, 0.15) is 30.1 Å². The summed E-state index contributed by atoms with van der Waals surface area (Å²) in [6.45, 7) is 1.85. The molecule has 208 valence electrons. The van der Waals surface area contributed by atoms with Crippen molar-refractivity contribution in [2.24, 2.45) is 10.7 Å². The molecule has 1 saturated heterocycles. The molecule has 0 aliphatic carbocycles. The number of hydrogen-bond donors (Lipinski definition) is 2. The number of nitrogens with zero attached hydrogens (tertiary/aromatic N) is 6. The number of benzene rings is 1. The van der Waals surface area contributed by atoms with Gasteiger partial charge in [-0.05, 0) is 30.2 Å². The molecule has 9 nitrogen and oxygen atoms in total. The molecule has 3 aromatic heterocycles. The number of likely N-dealkylation sites (tertiary alicyclic amines) is 1. The Morgan fingerprint density at radius 3 is 2.80 bits per heavy atom. The van der Waals surface area contributed by atoms with Crippen molar-refractivity contribution in [2.75, 3.05) is 38.6 Å². The zero-order valence-corrected chi connectivity index (χ0v) is 22.3. The number of ether oxygens (including phenoxy) is 1. The molecule has 0 radical (unpaired) electrons. The molecular formula is C29H32F2N8O. The normalized spacial score (nSPS) is 16.0. The van der Waals surface area contributed by atoms with Gasteiger partial charge >= 0.3 is 0 Å². The lowest BCUT2D eigenvalue weighted by Crippen LogP contribution is -2.44. The van der Waals surface area contributed by atoms with Gasteiger partial charge in [0.05, 0.1) is 24.1 Å². The van der Waals surface area contributed by atoms with Gasteiger partial charge in [0.25, 0.3) is 5.92 Å². The van der Waals surface area contributed by atoms with Crippen molar-refractivity contribution >= 4 is 23.3 Å². The van der Waals surface area contributed by atoms with Crippen molar-refractivity contribution in [2.45, 2.75) is 25.3 Å². The third-order valence-corrected chi connectivity index (χ3v) is 6.77. The van der Waals surface area contributed by atoms with Crippen molar-refractivity contribution < 1.29 is 13.5 Å². The standard InChI is InChI=1S/C29H32F2N8O/c1-33-17-23(15-32)22-5-3-21(4-6-22)16-34-27-14-25(36-20-37-27)26-18-35-28-13-24(7-10-39(26)28)40-12-11-38-9-2-8-29(30,31)19-38/h3-7,10,13-15,17-18,20H,2,8-9,11-12,16,19,32H2,1H3,(H,34,36,37). The first kappa shape index (κ1) is 27.2. The van der Waals surface area contributed by atoms with E-state index >= 15 is 0 Å². The van der Waals surface area contributed by atoms with Crippen molar-refractivity contribution in [3.8, 4) is 17.1 Å². The Bertz CT molecular complexity index is 1500. The van der Waals surface area contributed by atoms with Crippen LogP contribution in [0.3, 0.4) is 0 Å². The van der Waals surface area contributed by atoms with E-state index in [4.69, 9.17) is 10.5 Å². The van der Waals surface area contributed by atoms with Gasteiger partial charge in [0.2, 0.25) is 0 Å². The minimum absolute atomic E-state index is 0.0368. The second-order valence-electron chi connectivity index (χ2n) is 9.67. The maximum atomic E-state index is 13.6. The number of rotatable bonds is 10. The topological polar surface area (TPSA) is 106 Å². The Kier molecular flexibility index (Phi) is 8.30. The fourth-order valence-electron chi connectivity index (χ4n) is 4.73. The highest BCUT2D eigenvalue weighted by Gasteiger charge is 2.34. The van der Waals surface area contributed by atoms with E-state index in [1.807, 2.05) is 53.1 Å². The van der Waals surface area contributed by atoms with Crippen LogP contribution < -0.4 is 15.8 Å². The summed E-state index contributed by atoms with van der Waals surface area (Å²) in [6.07, 6.45) is 8.87. The summed E-state index contributed by atoms with van der Waals surface area (Å²) in [6, 6.07) is 13.6. The number of halogens is 2. The molecule has 4 heterocycles. The summed E-state index contributed by atoms with van der Waals surface area (Å²) in [4.78, 5) is 19.1. The molecule has 0 unspecified atom stereocenters. The Morgan fingerprint density at radius 2 is 2.02 bits per heavy atom. The van der Waals surface area contributed by atoms with Crippen molar-refractivity contribution in [3.05, 3.63) is 78.5 Å². The highest BCUT2D eigenvalue weighted by Crippen LogP contribution is 2.27. The number of piperidine rings is 1. The molecule has 1 aromatic carbocycles. The van der Waals surface area contributed by atoms with Crippen LogP contribution in [0.1, 0.15) is 24.0 Å². The molecule has 0 spiro atoms. The maximum absolute atomic E-state index is 13.6. The van der Waals surface area contributed by atoms with Crippen LogP contribution in [0, 0.1) is 0 Å². The first-order chi connectivity index (χ1) is 19.4. The average Bonchev–Trinajstić information content (AvgIpc) is 3.38. The van der Waals surface area contributed by atoms with Crippen LogP contribution in [0.5, 0.6) is 5.75 Å². The average molecular weight is 547 g/mol. The molecule has 1 fully saturated rings. The molecule has 1 aliphatic heterocycles. The molecule has 0 atom stereocenters. The molecule has 11 heteroatoms.